The van der Waals surface area contributed by atoms with E-state index in [0.717, 1.165) is 23.2 Å². The second-order valence-corrected chi connectivity index (χ2v) is 5.35. The smallest absolute Gasteiger partial charge is 0.119 e. The Bertz CT molecular complexity index is 600. The first-order valence-electron chi connectivity index (χ1n) is 6.98. The van der Waals surface area contributed by atoms with E-state index in [1.807, 2.05) is 37.4 Å². The molecule has 0 bridgehead atoms. The molecular formula is C18H21NO. The summed E-state index contributed by atoms with van der Waals surface area (Å²) in [7, 11) is 0. The van der Waals surface area contributed by atoms with Gasteiger partial charge < -0.3 is 5.11 Å². The summed E-state index contributed by atoms with van der Waals surface area (Å²) in [5, 5.41) is 9.94. The van der Waals surface area contributed by atoms with Crippen LogP contribution >= 0.6 is 0 Å². The fourth-order valence-electron chi connectivity index (χ4n) is 2.16. The van der Waals surface area contributed by atoms with E-state index in [2.05, 4.69) is 31.0 Å². The molecule has 0 aliphatic rings. The summed E-state index contributed by atoms with van der Waals surface area (Å²) in [6.07, 6.45) is 2.75. The Labute approximate surface area is 120 Å². The van der Waals surface area contributed by atoms with Gasteiger partial charge in [-0.2, -0.15) is 0 Å². The molecule has 0 aliphatic carbocycles. The number of nitrogens with zero attached hydrogens (tertiary/aromatic N) is 1. The lowest BCUT2D eigenvalue weighted by molar-refractivity contribution is 0.464. The summed E-state index contributed by atoms with van der Waals surface area (Å²) in [4.78, 5) is 4.55. The van der Waals surface area contributed by atoms with Gasteiger partial charge in [0.1, 0.15) is 5.75 Å². The summed E-state index contributed by atoms with van der Waals surface area (Å²) >= 11 is 0. The largest absolute Gasteiger partial charge is 0.508 e. The molecule has 0 atom stereocenters. The van der Waals surface area contributed by atoms with Crippen LogP contribution in [0.15, 0.2) is 47.5 Å². The number of benzene rings is 2. The van der Waals surface area contributed by atoms with Gasteiger partial charge in [-0.15, -0.1) is 0 Å². The Morgan fingerprint density at radius 2 is 1.85 bits per heavy atom. The Morgan fingerprint density at radius 3 is 2.50 bits per heavy atom. The van der Waals surface area contributed by atoms with E-state index in [1.165, 1.54) is 5.56 Å². The van der Waals surface area contributed by atoms with Crippen LogP contribution in [0.25, 0.3) is 0 Å². The van der Waals surface area contributed by atoms with Crippen LogP contribution in [0.2, 0.25) is 0 Å². The van der Waals surface area contributed by atoms with Crippen LogP contribution < -0.4 is 0 Å². The highest BCUT2D eigenvalue weighted by atomic mass is 16.3. The van der Waals surface area contributed by atoms with Crippen LogP contribution in [0.5, 0.6) is 5.75 Å². The quantitative estimate of drug-likeness (QED) is 0.795. The Balaban J connectivity index is 2.18. The van der Waals surface area contributed by atoms with Gasteiger partial charge in [-0.3, -0.25) is 4.99 Å². The fourth-order valence-corrected chi connectivity index (χ4v) is 2.16. The molecule has 0 aliphatic heterocycles. The van der Waals surface area contributed by atoms with E-state index < -0.39 is 0 Å². The minimum Gasteiger partial charge on any atom is -0.508 e. The maximum atomic E-state index is 9.94. The van der Waals surface area contributed by atoms with Gasteiger partial charge in [0.2, 0.25) is 0 Å². The van der Waals surface area contributed by atoms with Crippen molar-refractivity contribution >= 4 is 11.9 Å². The lowest BCUT2D eigenvalue weighted by Gasteiger charge is -2.11. The molecule has 0 saturated heterocycles. The summed E-state index contributed by atoms with van der Waals surface area (Å²) in [6, 6.07) is 14.0. The Morgan fingerprint density at radius 1 is 1.15 bits per heavy atom. The maximum absolute atomic E-state index is 9.94. The van der Waals surface area contributed by atoms with Crippen molar-refractivity contribution in [2.24, 2.45) is 4.99 Å². The van der Waals surface area contributed by atoms with E-state index in [0.29, 0.717) is 11.7 Å². The zero-order valence-electron chi connectivity index (χ0n) is 12.3. The van der Waals surface area contributed by atoms with Gasteiger partial charge in [0.05, 0.1) is 5.69 Å². The Hall–Kier alpha value is -2.09. The van der Waals surface area contributed by atoms with Gasteiger partial charge >= 0.3 is 0 Å². The highest BCUT2D eigenvalue weighted by Gasteiger charge is 2.08. The first kappa shape index (κ1) is 14.3. The zero-order valence-corrected chi connectivity index (χ0v) is 12.3. The van der Waals surface area contributed by atoms with Gasteiger partial charge in [-0.25, -0.2) is 0 Å². The van der Waals surface area contributed by atoms with Crippen molar-refractivity contribution in [3.8, 4) is 5.75 Å². The van der Waals surface area contributed by atoms with Gasteiger partial charge in [0, 0.05) is 12.6 Å². The lowest BCUT2D eigenvalue weighted by Crippen LogP contribution is -1.90. The molecule has 2 nitrogen and oxygen atoms in total. The number of aryl methyl sites for hydroxylation is 1. The van der Waals surface area contributed by atoms with Gasteiger partial charge in [0.25, 0.3) is 0 Å². The first-order chi connectivity index (χ1) is 9.58. The molecule has 0 amide bonds. The van der Waals surface area contributed by atoms with Gasteiger partial charge in [0.15, 0.2) is 0 Å². The van der Waals surface area contributed by atoms with Crippen molar-refractivity contribution < 1.29 is 5.11 Å². The molecule has 2 aromatic carbocycles. The van der Waals surface area contributed by atoms with E-state index in [4.69, 9.17) is 0 Å². The van der Waals surface area contributed by atoms with Crippen LogP contribution in [-0.4, -0.2) is 11.3 Å². The first-order valence-corrected chi connectivity index (χ1v) is 6.98. The molecule has 0 aromatic heterocycles. The number of phenols is 1. The highest BCUT2D eigenvalue weighted by molar-refractivity contribution is 5.68. The molecule has 2 rings (SSSR count). The molecule has 0 fully saturated rings. The molecule has 2 heteroatoms. The number of rotatable bonds is 4. The molecule has 20 heavy (non-hydrogen) atoms. The fraction of sp³-hybridized carbons (Fsp3) is 0.278. The Kier molecular flexibility index (Phi) is 4.57. The predicted octanol–water partition coefficient (Wildman–Crippen LogP) is 4.77. The molecule has 1 N–H and O–H groups in total. The molecule has 104 valence electrons. The molecule has 0 spiro atoms. The molecule has 0 radical (unpaired) electrons. The summed E-state index contributed by atoms with van der Waals surface area (Å²) < 4.78 is 0. The predicted molar refractivity (Wildman–Crippen MR) is 85.2 cm³/mol. The molecule has 2 aromatic rings. The van der Waals surface area contributed by atoms with E-state index in [9.17, 15) is 5.11 Å². The van der Waals surface area contributed by atoms with Crippen LogP contribution in [0.3, 0.4) is 0 Å². The van der Waals surface area contributed by atoms with E-state index >= 15 is 0 Å². The minimum absolute atomic E-state index is 0.290. The summed E-state index contributed by atoms with van der Waals surface area (Å²) in [5.41, 5.74) is 4.12. The topological polar surface area (TPSA) is 32.6 Å². The lowest BCUT2D eigenvalue weighted by atomic mass is 9.99. The second kappa shape index (κ2) is 6.38. The highest BCUT2D eigenvalue weighted by Crippen LogP contribution is 2.32. The summed E-state index contributed by atoms with van der Waals surface area (Å²) in [5.74, 6) is 0.651. The number of phenolic OH excluding ortho intramolecular Hbond substituents is 1. The van der Waals surface area contributed by atoms with Crippen LogP contribution in [-0.2, 0) is 6.42 Å². The van der Waals surface area contributed by atoms with Crippen molar-refractivity contribution in [3.63, 3.8) is 0 Å². The zero-order chi connectivity index (χ0) is 14.5. The number of hydrogen-bond acceptors (Lipinski definition) is 2. The summed E-state index contributed by atoms with van der Waals surface area (Å²) in [6.45, 7) is 6.11. The van der Waals surface area contributed by atoms with E-state index in [-0.39, 0.29) is 0 Å². The van der Waals surface area contributed by atoms with Gasteiger partial charge in [-0.05, 0) is 41.7 Å². The molecule has 0 heterocycles. The van der Waals surface area contributed by atoms with Crippen molar-refractivity contribution in [2.75, 3.05) is 0 Å². The second-order valence-electron chi connectivity index (χ2n) is 5.35. The monoisotopic (exact) mass is 267 g/mol. The van der Waals surface area contributed by atoms with Crippen LogP contribution in [0, 0.1) is 6.92 Å². The SMILES string of the molecule is Cc1cc(O)c(C(C)C)cc1N=CCc1ccccc1. The average Bonchev–Trinajstić information content (AvgIpc) is 2.42. The van der Waals surface area contributed by atoms with Crippen molar-refractivity contribution in [3.05, 3.63) is 59.2 Å². The molecule has 0 saturated carbocycles. The number of hydrogen-bond donors (Lipinski definition) is 1. The third kappa shape index (κ3) is 3.47. The minimum atomic E-state index is 0.290. The van der Waals surface area contributed by atoms with Crippen LogP contribution in [0.1, 0.15) is 36.5 Å². The number of aliphatic imine (C=N–C) groups is 1. The maximum Gasteiger partial charge on any atom is 0.119 e. The average molecular weight is 267 g/mol. The normalized spacial score (nSPS) is 11.4. The van der Waals surface area contributed by atoms with Crippen molar-refractivity contribution in [1.82, 2.24) is 0 Å². The van der Waals surface area contributed by atoms with Crippen LogP contribution in [0.4, 0.5) is 5.69 Å². The standard InChI is InChI=1S/C18H21NO/c1-13(2)16-12-17(14(3)11-18(16)20)19-10-9-15-7-5-4-6-8-15/h4-8,10-13,20H,9H2,1-3H3. The third-order valence-corrected chi connectivity index (χ3v) is 3.37. The van der Waals surface area contributed by atoms with Crippen molar-refractivity contribution in [1.29, 1.82) is 0 Å². The van der Waals surface area contributed by atoms with Gasteiger partial charge in [-0.1, -0.05) is 44.2 Å². The van der Waals surface area contributed by atoms with E-state index in [1.54, 1.807) is 6.07 Å². The third-order valence-electron chi connectivity index (χ3n) is 3.37. The number of aromatic hydroxyl groups is 1. The van der Waals surface area contributed by atoms with Crippen molar-refractivity contribution in [2.45, 2.75) is 33.1 Å². The molecule has 0 unspecified atom stereocenters. The molecular weight excluding hydrogens is 246 g/mol.